The van der Waals surface area contributed by atoms with Crippen LogP contribution in [0, 0.1) is 0 Å². The second kappa shape index (κ2) is 6.24. The Hall–Kier alpha value is -1.91. The molecule has 0 amide bonds. The fraction of sp³-hybridized carbons (Fsp3) is 0.250. The summed E-state index contributed by atoms with van der Waals surface area (Å²) in [6.07, 6.45) is 0. The molecule has 3 rings (SSSR count). The van der Waals surface area contributed by atoms with Crippen molar-refractivity contribution in [1.82, 2.24) is 5.32 Å². The molecule has 110 valence electrons. The van der Waals surface area contributed by atoms with Crippen LogP contribution in [-0.2, 0) is 13.1 Å². The summed E-state index contributed by atoms with van der Waals surface area (Å²) >= 11 is 6.11. The van der Waals surface area contributed by atoms with E-state index in [2.05, 4.69) is 5.32 Å². The van der Waals surface area contributed by atoms with Crippen molar-refractivity contribution in [3.05, 3.63) is 52.5 Å². The van der Waals surface area contributed by atoms with E-state index < -0.39 is 0 Å². The van der Waals surface area contributed by atoms with Gasteiger partial charge in [0.15, 0.2) is 11.5 Å². The van der Waals surface area contributed by atoms with Gasteiger partial charge >= 0.3 is 0 Å². The Bertz CT molecular complexity index is 645. The third-order valence-corrected chi connectivity index (χ3v) is 3.63. The van der Waals surface area contributed by atoms with E-state index in [0.717, 1.165) is 22.6 Å². The van der Waals surface area contributed by atoms with Crippen LogP contribution in [0.2, 0.25) is 5.02 Å². The van der Waals surface area contributed by atoms with Gasteiger partial charge in [-0.05, 0) is 23.8 Å². The second-order valence-electron chi connectivity index (χ2n) is 4.72. The molecule has 0 atom stereocenters. The SMILES string of the molecule is COc1ccc(CNCc2cccc3c2OCO3)cc1Cl. The minimum absolute atomic E-state index is 0.292. The molecular formula is C16H16ClNO3. The molecule has 0 aromatic heterocycles. The van der Waals surface area contributed by atoms with Gasteiger partial charge in [-0.25, -0.2) is 0 Å². The van der Waals surface area contributed by atoms with Gasteiger partial charge in [-0.1, -0.05) is 29.8 Å². The van der Waals surface area contributed by atoms with Crippen molar-refractivity contribution in [1.29, 1.82) is 0 Å². The lowest BCUT2D eigenvalue weighted by molar-refractivity contribution is 0.173. The number of ether oxygens (including phenoxy) is 3. The zero-order valence-electron chi connectivity index (χ0n) is 11.7. The molecule has 0 fully saturated rings. The molecular weight excluding hydrogens is 290 g/mol. The topological polar surface area (TPSA) is 39.7 Å². The van der Waals surface area contributed by atoms with Crippen LogP contribution in [0.1, 0.15) is 11.1 Å². The van der Waals surface area contributed by atoms with Gasteiger partial charge in [0.05, 0.1) is 12.1 Å². The minimum Gasteiger partial charge on any atom is -0.495 e. The van der Waals surface area contributed by atoms with Gasteiger partial charge < -0.3 is 19.5 Å². The summed E-state index contributed by atoms with van der Waals surface area (Å²) in [5, 5.41) is 4.00. The monoisotopic (exact) mass is 305 g/mol. The van der Waals surface area contributed by atoms with Crippen molar-refractivity contribution in [3.63, 3.8) is 0 Å². The number of fused-ring (bicyclic) bond motifs is 1. The maximum Gasteiger partial charge on any atom is 0.231 e. The smallest absolute Gasteiger partial charge is 0.231 e. The van der Waals surface area contributed by atoms with Crippen molar-refractivity contribution in [2.75, 3.05) is 13.9 Å². The fourth-order valence-electron chi connectivity index (χ4n) is 2.29. The molecule has 21 heavy (non-hydrogen) atoms. The molecule has 2 aromatic rings. The second-order valence-corrected chi connectivity index (χ2v) is 5.13. The maximum absolute atomic E-state index is 6.11. The third kappa shape index (κ3) is 3.06. The van der Waals surface area contributed by atoms with E-state index in [1.54, 1.807) is 7.11 Å². The van der Waals surface area contributed by atoms with Crippen LogP contribution < -0.4 is 19.5 Å². The molecule has 1 heterocycles. The first-order chi connectivity index (χ1) is 10.3. The van der Waals surface area contributed by atoms with Crippen molar-refractivity contribution in [2.24, 2.45) is 0 Å². The summed E-state index contributed by atoms with van der Waals surface area (Å²) in [7, 11) is 1.61. The normalized spacial score (nSPS) is 12.5. The van der Waals surface area contributed by atoms with Crippen LogP contribution in [-0.4, -0.2) is 13.9 Å². The van der Waals surface area contributed by atoms with Gasteiger partial charge in [-0.3, -0.25) is 0 Å². The van der Waals surface area contributed by atoms with E-state index >= 15 is 0 Å². The Morgan fingerprint density at radius 2 is 2.10 bits per heavy atom. The van der Waals surface area contributed by atoms with E-state index in [0.29, 0.717) is 30.7 Å². The Labute approximate surface area is 128 Å². The molecule has 1 aliphatic heterocycles. The molecule has 0 radical (unpaired) electrons. The van der Waals surface area contributed by atoms with E-state index in [-0.39, 0.29) is 0 Å². The number of benzene rings is 2. The molecule has 0 saturated heterocycles. The molecule has 0 saturated carbocycles. The first-order valence-electron chi connectivity index (χ1n) is 6.68. The first-order valence-corrected chi connectivity index (χ1v) is 7.06. The van der Waals surface area contributed by atoms with Crippen LogP contribution in [0.4, 0.5) is 0 Å². The summed E-state index contributed by atoms with van der Waals surface area (Å²) in [5.74, 6) is 2.33. The summed E-state index contributed by atoms with van der Waals surface area (Å²) in [6, 6.07) is 11.7. The predicted molar refractivity (Wildman–Crippen MR) is 81.1 cm³/mol. The number of halogens is 1. The molecule has 2 aromatic carbocycles. The lowest BCUT2D eigenvalue weighted by Gasteiger charge is -2.09. The molecule has 1 N–H and O–H groups in total. The summed E-state index contributed by atoms with van der Waals surface area (Å²) in [4.78, 5) is 0. The van der Waals surface area contributed by atoms with Crippen LogP contribution in [0.3, 0.4) is 0 Å². The zero-order valence-corrected chi connectivity index (χ0v) is 12.4. The Balaban J connectivity index is 1.62. The van der Waals surface area contributed by atoms with Gasteiger partial charge in [0.1, 0.15) is 5.75 Å². The summed E-state index contributed by atoms with van der Waals surface area (Å²) in [5.41, 5.74) is 2.19. The molecule has 0 spiro atoms. The molecule has 4 nitrogen and oxygen atoms in total. The molecule has 0 bridgehead atoms. The molecule has 0 unspecified atom stereocenters. The van der Waals surface area contributed by atoms with Crippen LogP contribution in [0.25, 0.3) is 0 Å². The van der Waals surface area contributed by atoms with Crippen molar-refractivity contribution < 1.29 is 14.2 Å². The average molecular weight is 306 g/mol. The highest BCUT2D eigenvalue weighted by Crippen LogP contribution is 2.35. The highest BCUT2D eigenvalue weighted by molar-refractivity contribution is 6.32. The highest BCUT2D eigenvalue weighted by atomic mass is 35.5. The Morgan fingerprint density at radius 3 is 2.90 bits per heavy atom. The van der Waals surface area contributed by atoms with Gasteiger partial charge in [0, 0.05) is 18.7 Å². The number of nitrogens with one attached hydrogen (secondary N) is 1. The largest absolute Gasteiger partial charge is 0.495 e. The zero-order chi connectivity index (χ0) is 14.7. The maximum atomic E-state index is 6.11. The standard InChI is InChI=1S/C16H16ClNO3/c1-19-14-6-5-11(7-13(14)17)8-18-9-12-3-2-4-15-16(12)21-10-20-15/h2-7,18H,8-10H2,1H3. The van der Waals surface area contributed by atoms with Crippen molar-refractivity contribution in [3.8, 4) is 17.2 Å². The highest BCUT2D eigenvalue weighted by Gasteiger charge is 2.16. The van der Waals surface area contributed by atoms with Gasteiger partial charge in [0.2, 0.25) is 6.79 Å². The third-order valence-electron chi connectivity index (χ3n) is 3.34. The van der Waals surface area contributed by atoms with Gasteiger partial charge in [-0.15, -0.1) is 0 Å². The number of methoxy groups -OCH3 is 1. The number of para-hydroxylation sites is 1. The molecule has 1 aliphatic rings. The van der Waals surface area contributed by atoms with Gasteiger partial charge in [0.25, 0.3) is 0 Å². The Morgan fingerprint density at radius 1 is 1.19 bits per heavy atom. The summed E-state index contributed by atoms with van der Waals surface area (Å²) < 4.78 is 16.0. The quantitative estimate of drug-likeness (QED) is 0.919. The molecule has 5 heteroatoms. The lowest BCUT2D eigenvalue weighted by Crippen LogP contribution is -2.13. The average Bonchev–Trinajstić information content (AvgIpc) is 2.97. The first kappa shape index (κ1) is 14.0. The van der Waals surface area contributed by atoms with Crippen molar-refractivity contribution in [2.45, 2.75) is 13.1 Å². The van der Waals surface area contributed by atoms with E-state index in [9.17, 15) is 0 Å². The number of hydrogen-bond donors (Lipinski definition) is 1. The van der Waals surface area contributed by atoms with E-state index in [4.69, 9.17) is 25.8 Å². The Kier molecular flexibility index (Phi) is 4.18. The fourth-order valence-corrected chi connectivity index (χ4v) is 2.57. The summed E-state index contributed by atoms with van der Waals surface area (Å²) in [6.45, 7) is 1.71. The van der Waals surface area contributed by atoms with Crippen LogP contribution in [0.15, 0.2) is 36.4 Å². The van der Waals surface area contributed by atoms with Gasteiger partial charge in [-0.2, -0.15) is 0 Å². The number of hydrogen-bond acceptors (Lipinski definition) is 4. The molecule has 0 aliphatic carbocycles. The minimum atomic E-state index is 0.292. The van der Waals surface area contributed by atoms with Crippen molar-refractivity contribution >= 4 is 11.6 Å². The van der Waals surface area contributed by atoms with E-state index in [1.165, 1.54) is 0 Å². The number of rotatable bonds is 5. The van der Waals surface area contributed by atoms with Crippen LogP contribution in [0.5, 0.6) is 17.2 Å². The van der Waals surface area contributed by atoms with E-state index in [1.807, 2.05) is 36.4 Å². The lowest BCUT2D eigenvalue weighted by atomic mass is 10.1. The predicted octanol–water partition coefficient (Wildman–Crippen LogP) is 3.37. The van der Waals surface area contributed by atoms with Crippen LogP contribution >= 0.6 is 11.6 Å².